The molecule has 4 fully saturated rings. The van der Waals surface area contributed by atoms with E-state index in [1.807, 2.05) is 35.2 Å². The number of unbranched alkanes of at least 4 members (excludes halogenated alkanes) is 1. The third kappa shape index (κ3) is 5.48. The lowest BCUT2D eigenvalue weighted by molar-refractivity contribution is -0.157. The second-order valence-corrected chi connectivity index (χ2v) is 12.0. The molecule has 1 aromatic rings. The van der Waals surface area contributed by atoms with Gasteiger partial charge in [0, 0.05) is 12.6 Å². The summed E-state index contributed by atoms with van der Waals surface area (Å²) in [5.74, 6) is -2.48. The highest BCUT2D eigenvalue weighted by Gasteiger charge is 2.75. The highest BCUT2D eigenvalue weighted by atomic mass is 16.6. The van der Waals surface area contributed by atoms with Gasteiger partial charge >= 0.3 is 5.97 Å². The first-order valence-corrected chi connectivity index (χ1v) is 15.3. The number of fused-ring (bicyclic) bond motifs is 1. The van der Waals surface area contributed by atoms with Crippen LogP contribution in [0.5, 0.6) is 0 Å². The minimum atomic E-state index is -1.12. The zero-order valence-corrected chi connectivity index (χ0v) is 24.0. The number of rotatable bonds is 13. The SMILES string of the molecule is C=CCCCOC(=O)[C@@H]1[C@@H]2CCC3(O2)C(C(=O)N(CC=C)C2CCCCC2)N([C@@H](CO)Cc2ccccc2)C(=O)[C@H]13. The maximum Gasteiger partial charge on any atom is 0.312 e. The molecule has 3 heterocycles. The van der Waals surface area contributed by atoms with Gasteiger partial charge in [-0.15, -0.1) is 13.2 Å². The standard InChI is InChI=1S/C33H44N2O6/c1-3-5-12-20-40-32(39)27-26-17-18-33(41-26)28(27)30(37)35(25(22-36)21-23-13-8-6-9-14-23)29(33)31(38)34(19-4-2)24-15-10-7-11-16-24/h3-4,6,8-9,13-14,24-29,36H,1-2,5,7,10-12,15-22H2/t25-,26+,27-,28+,29?,33?/m1/s1. The molecule has 1 aromatic carbocycles. The molecule has 5 rings (SSSR count). The van der Waals surface area contributed by atoms with E-state index in [-0.39, 0.29) is 31.1 Å². The molecule has 8 nitrogen and oxygen atoms in total. The lowest BCUT2D eigenvalue weighted by atomic mass is 9.70. The Kier molecular flexibility index (Phi) is 9.29. The molecule has 0 aromatic heterocycles. The van der Waals surface area contributed by atoms with Gasteiger partial charge in [-0.25, -0.2) is 0 Å². The summed E-state index contributed by atoms with van der Waals surface area (Å²) in [6.45, 7) is 7.95. The van der Waals surface area contributed by atoms with Crippen molar-refractivity contribution in [2.45, 2.75) is 94.0 Å². The van der Waals surface area contributed by atoms with Crippen LogP contribution in [0.15, 0.2) is 55.6 Å². The Labute approximate surface area is 243 Å². The summed E-state index contributed by atoms with van der Waals surface area (Å²) in [5, 5.41) is 10.7. The Morgan fingerprint density at radius 1 is 1.15 bits per heavy atom. The number of carbonyl (C=O) groups excluding carboxylic acids is 3. The van der Waals surface area contributed by atoms with Crippen LogP contribution in [0.2, 0.25) is 0 Å². The van der Waals surface area contributed by atoms with Crippen LogP contribution >= 0.6 is 0 Å². The number of aliphatic hydroxyl groups is 1. The normalized spacial score (nSPS) is 29.7. The van der Waals surface area contributed by atoms with E-state index in [9.17, 15) is 19.5 Å². The summed E-state index contributed by atoms with van der Waals surface area (Å²) < 4.78 is 12.2. The fraction of sp³-hybridized carbons (Fsp3) is 0.606. The Bertz CT molecular complexity index is 1120. The van der Waals surface area contributed by atoms with Gasteiger partial charge in [-0.05, 0) is 50.5 Å². The predicted molar refractivity (Wildman–Crippen MR) is 155 cm³/mol. The average molecular weight is 565 g/mol. The van der Waals surface area contributed by atoms with Gasteiger partial charge in [0.15, 0.2) is 0 Å². The third-order valence-corrected chi connectivity index (χ3v) is 9.58. The molecule has 41 heavy (non-hydrogen) atoms. The average Bonchev–Trinajstić information content (AvgIpc) is 3.65. The number of benzene rings is 1. The van der Waals surface area contributed by atoms with Crippen LogP contribution in [0.1, 0.15) is 63.4 Å². The number of carbonyl (C=O) groups is 3. The van der Waals surface area contributed by atoms with Crippen molar-refractivity contribution in [2.24, 2.45) is 11.8 Å². The van der Waals surface area contributed by atoms with Crippen LogP contribution < -0.4 is 0 Å². The molecular weight excluding hydrogens is 520 g/mol. The van der Waals surface area contributed by atoms with Crippen LogP contribution in [-0.2, 0) is 30.3 Å². The van der Waals surface area contributed by atoms with Crippen LogP contribution in [0.25, 0.3) is 0 Å². The molecule has 1 saturated carbocycles. The van der Waals surface area contributed by atoms with Gasteiger partial charge in [0.1, 0.15) is 11.6 Å². The fourth-order valence-electron chi connectivity index (χ4n) is 7.77. The first-order chi connectivity index (χ1) is 20.0. The van der Waals surface area contributed by atoms with Crippen LogP contribution in [0, 0.1) is 11.8 Å². The minimum absolute atomic E-state index is 0.0626. The van der Waals surface area contributed by atoms with Crippen molar-refractivity contribution in [2.75, 3.05) is 19.8 Å². The van der Waals surface area contributed by atoms with Crippen molar-refractivity contribution in [1.82, 2.24) is 9.80 Å². The molecular formula is C33H44N2O6. The number of likely N-dealkylation sites (tertiary alicyclic amines) is 1. The Balaban J connectivity index is 1.51. The molecule has 3 aliphatic heterocycles. The van der Waals surface area contributed by atoms with E-state index in [0.29, 0.717) is 32.2 Å². The van der Waals surface area contributed by atoms with Gasteiger partial charge in [-0.2, -0.15) is 0 Å². The van der Waals surface area contributed by atoms with E-state index in [4.69, 9.17) is 9.47 Å². The van der Waals surface area contributed by atoms with Gasteiger partial charge < -0.3 is 24.4 Å². The highest BCUT2D eigenvalue weighted by molar-refractivity contribution is 5.98. The van der Waals surface area contributed by atoms with E-state index < -0.39 is 41.6 Å². The first-order valence-electron chi connectivity index (χ1n) is 15.3. The van der Waals surface area contributed by atoms with E-state index in [1.54, 1.807) is 17.1 Å². The fourth-order valence-corrected chi connectivity index (χ4v) is 7.77. The topological polar surface area (TPSA) is 96.4 Å². The lowest BCUT2D eigenvalue weighted by Crippen LogP contribution is -2.60. The molecule has 1 aliphatic carbocycles. The Morgan fingerprint density at radius 3 is 2.59 bits per heavy atom. The minimum Gasteiger partial charge on any atom is -0.465 e. The van der Waals surface area contributed by atoms with Crippen molar-refractivity contribution in [3.63, 3.8) is 0 Å². The third-order valence-electron chi connectivity index (χ3n) is 9.58. The monoisotopic (exact) mass is 564 g/mol. The van der Waals surface area contributed by atoms with Gasteiger partial charge in [0.2, 0.25) is 11.8 Å². The van der Waals surface area contributed by atoms with E-state index in [0.717, 1.165) is 44.1 Å². The number of aliphatic hydroxyl groups excluding tert-OH is 1. The predicted octanol–water partition coefficient (Wildman–Crippen LogP) is 3.82. The molecule has 1 spiro atoms. The maximum atomic E-state index is 14.7. The number of esters is 1. The van der Waals surface area contributed by atoms with Crippen LogP contribution in [0.4, 0.5) is 0 Å². The summed E-state index contributed by atoms with van der Waals surface area (Å²) in [4.78, 5) is 46.0. The van der Waals surface area contributed by atoms with Gasteiger partial charge in [0.25, 0.3) is 0 Å². The molecule has 8 heteroatoms. The summed E-state index contributed by atoms with van der Waals surface area (Å²) in [7, 11) is 0. The highest BCUT2D eigenvalue weighted by Crippen LogP contribution is 2.59. The Hall–Kier alpha value is -2.97. The summed E-state index contributed by atoms with van der Waals surface area (Å²) >= 11 is 0. The van der Waals surface area contributed by atoms with Gasteiger partial charge in [-0.3, -0.25) is 14.4 Å². The molecule has 1 N–H and O–H groups in total. The van der Waals surface area contributed by atoms with Crippen molar-refractivity contribution in [3.8, 4) is 0 Å². The largest absolute Gasteiger partial charge is 0.465 e. The van der Waals surface area contributed by atoms with Crippen molar-refractivity contribution < 1.29 is 29.0 Å². The summed E-state index contributed by atoms with van der Waals surface area (Å²) in [5.41, 5.74) is -0.166. The molecule has 3 saturated heterocycles. The molecule has 222 valence electrons. The number of nitrogens with zero attached hydrogens (tertiary/aromatic N) is 2. The number of hydrogen-bond acceptors (Lipinski definition) is 6. The molecule has 2 bridgehead atoms. The molecule has 0 radical (unpaired) electrons. The number of allylic oxidation sites excluding steroid dienone is 1. The zero-order valence-electron chi connectivity index (χ0n) is 24.0. The second kappa shape index (κ2) is 12.9. The van der Waals surface area contributed by atoms with E-state index in [1.165, 1.54) is 0 Å². The van der Waals surface area contributed by atoms with Crippen LogP contribution in [0.3, 0.4) is 0 Å². The maximum absolute atomic E-state index is 14.7. The van der Waals surface area contributed by atoms with E-state index in [2.05, 4.69) is 13.2 Å². The molecule has 6 atom stereocenters. The van der Waals surface area contributed by atoms with E-state index >= 15 is 0 Å². The molecule has 4 aliphatic rings. The quantitative estimate of drug-likeness (QED) is 0.222. The number of hydrogen-bond donors (Lipinski definition) is 1. The summed E-state index contributed by atoms with van der Waals surface area (Å²) in [6.07, 6.45) is 11.0. The lowest BCUT2D eigenvalue weighted by Gasteiger charge is -2.42. The van der Waals surface area contributed by atoms with Crippen molar-refractivity contribution >= 4 is 17.8 Å². The van der Waals surface area contributed by atoms with Gasteiger partial charge in [0.05, 0.1) is 37.2 Å². The smallest absolute Gasteiger partial charge is 0.312 e. The number of amides is 2. The molecule has 2 amide bonds. The summed E-state index contributed by atoms with van der Waals surface area (Å²) in [6, 6.07) is 8.17. The van der Waals surface area contributed by atoms with Crippen molar-refractivity contribution in [3.05, 3.63) is 61.2 Å². The van der Waals surface area contributed by atoms with Gasteiger partial charge in [-0.1, -0.05) is 61.7 Å². The zero-order chi connectivity index (χ0) is 29.0. The molecule has 2 unspecified atom stereocenters. The van der Waals surface area contributed by atoms with Crippen LogP contribution in [-0.4, -0.2) is 82.3 Å². The Morgan fingerprint density at radius 2 is 1.90 bits per heavy atom. The van der Waals surface area contributed by atoms with Crippen molar-refractivity contribution in [1.29, 1.82) is 0 Å². The second-order valence-electron chi connectivity index (χ2n) is 12.0. The first kappa shape index (κ1) is 29.5. The number of ether oxygens (including phenoxy) is 2.